The Morgan fingerprint density at radius 3 is 2.48 bits per heavy atom. The van der Waals surface area contributed by atoms with Crippen LogP contribution in [0.25, 0.3) is 0 Å². The Balaban J connectivity index is 1.73. The Labute approximate surface area is 233 Å². The lowest BCUT2D eigenvalue weighted by Gasteiger charge is -2.64. The van der Waals surface area contributed by atoms with Crippen LogP contribution in [0.4, 0.5) is 0 Å². The molecule has 0 amide bonds. The number of cyclic esters (lactones) is 1. The Kier molecular flexibility index (Phi) is 6.49. The van der Waals surface area contributed by atoms with Gasteiger partial charge in [-0.25, -0.2) is 4.79 Å². The Morgan fingerprint density at radius 2 is 1.88 bits per heavy atom. The summed E-state index contributed by atoms with van der Waals surface area (Å²) in [4.78, 5) is 53.0. The van der Waals surface area contributed by atoms with Crippen molar-refractivity contribution in [1.29, 1.82) is 0 Å². The minimum atomic E-state index is -2.17. The molecule has 1 aliphatic heterocycles. The molecule has 2 saturated carbocycles. The van der Waals surface area contributed by atoms with Crippen LogP contribution in [0.2, 0.25) is 0 Å². The minimum absolute atomic E-state index is 0.0999. The number of hydrogen-bond acceptors (Lipinski definition) is 9. The Morgan fingerprint density at radius 1 is 1.18 bits per heavy atom. The zero-order valence-electron chi connectivity index (χ0n) is 24.1. The number of esters is 3. The van der Waals surface area contributed by atoms with Crippen LogP contribution in [0.3, 0.4) is 0 Å². The molecule has 2 heterocycles. The molecule has 40 heavy (non-hydrogen) atoms. The van der Waals surface area contributed by atoms with Gasteiger partial charge < -0.3 is 23.7 Å². The lowest BCUT2D eigenvalue weighted by Crippen LogP contribution is -2.73. The zero-order valence-corrected chi connectivity index (χ0v) is 24.1. The summed E-state index contributed by atoms with van der Waals surface area (Å²) in [7, 11) is 1.29. The van der Waals surface area contributed by atoms with Gasteiger partial charge >= 0.3 is 17.9 Å². The average molecular weight is 555 g/mol. The topological polar surface area (TPSA) is 129 Å². The molecule has 7 atom stereocenters. The number of allylic oxidation sites excluding steroid dienone is 1. The molecule has 9 nitrogen and oxygen atoms in total. The van der Waals surface area contributed by atoms with Crippen molar-refractivity contribution in [3.8, 4) is 0 Å². The molecule has 0 aromatic carbocycles. The molecule has 3 aliphatic carbocycles. The first-order valence-corrected chi connectivity index (χ1v) is 13.8. The maximum Gasteiger partial charge on any atom is 0.331 e. The van der Waals surface area contributed by atoms with Gasteiger partial charge in [0.05, 0.1) is 25.6 Å². The Bertz CT molecular complexity index is 1320. The fraction of sp³-hybridized carbons (Fsp3) is 0.613. The van der Waals surface area contributed by atoms with E-state index in [1.54, 1.807) is 33.1 Å². The second kappa shape index (κ2) is 9.16. The van der Waals surface area contributed by atoms with E-state index in [0.29, 0.717) is 29.6 Å². The summed E-state index contributed by atoms with van der Waals surface area (Å²) in [5, 5.41) is 12.3. The number of carbonyl (C=O) groups is 4. The maximum atomic E-state index is 14.4. The standard InChI is InChI=1S/C31H38O9/c1-16(2)25(34)40-27-28(3,4)21(13-22(32)37-7)30(6)19-8-10-29(5)20(18(19)14-31(27,36)26(30)35)12-23(33)39-24(29)17-9-11-38-15-17/h9,11-12,14-16,19,21,24,27,36H,8,10,13H2,1-7H3/t19-,21-,24-,27-,29+,30+,31-/m0/s1. The monoisotopic (exact) mass is 554 g/mol. The van der Waals surface area contributed by atoms with E-state index in [2.05, 4.69) is 0 Å². The predicted octanol–water partition coefficient (Wildman–Crippen LogP) is 4.25. The predicted molar refractivity (Wildman–Crippen MR) is 141 cm³/mol. The molecule has 0 radical (unpaired) electrons. The van der Waals surface area contributed by atoms with Gasteiger partial charge in [-0.1, -0.05) is 41.5 Å². The van der Waals surface area contributed by atoms with Gasteiger partial charge in [0.1, 0.15) is 12.2 Å². The van der Waals surface area contributed by atoms with E-state index in [4.69, 9.17) is 18.6 Å². The molecule has 2 bridgehead atoms. The number of fused-ring (bicyclic) bond motifs is 6. The summed E-state index contributed by atoms with van der Waals surface area (Å²) < 4.78 is 22.1. The van der Waals surface area contributed by atoms with Gasteiger partial charge in [-0.3, -0.25) is 14.4 Å². The summed E-state index contributed by atoms with van der Waals surface area (Å²) in [6.45, 7) is 10.8. The van der Waals surface area contributed by atoms with E-state index in [-0.39, 0.29) is 6.42 Å². The Hall–Kier alpha value is -3.20. The van der Waals surface area contributed by atoms with Gasteiger partial charge in [-0.05, 0) is 48.0 Å². The van der Waals surface area contributed by atoms with Gasteiger partial charge in [0.2, 0.25) is 0 Å². The molecular formula is C31H38O9. The number of ketones is 1. The number of methoxy groups -OCH3 is 1. The second-order valence-corrected chi connectivity index (χ2v) is 13.1. The first-order valence-electron chi connectivity index (χ1n) is 13.8. The highest BCUT2D eigenvalue weighted by Crippen LogP contribution is 2.68. The van der Waals surface area contributed by atoms with E-state index in [1.807, 2.05) is 20.8 Å². The van der Waals surface area contributed by atoms with Crippen LogP contribution in [0.1, 0.15) is 72.5 Å². The van der Waals surface area contributed by atoms with Crippen molar-refractivity contribution in [2.45, 2.75) is 78.6 Å². The molecule has 2 fully saturated rings. The van der Waals surface area contributed by atoms with Crippen LogP contribution in [0.5, 0.6) is 0 Å². The molecule has 1 aromatic heterocycles. The van der Waals surface area contributed by atoms with Gasteiger partial charge in [0.25, 0.3) is 0 Å². The maximum absolute atomic E-state index is 14.4. The van der Waals surface area contributed by atoms with E-state index in [9.17, 15) is 24.3 Å². The number of ether oxygens (including phenoxy) is 3. The summed E-state index contributed by atoms with van der Waals surface area (Å²) in [6.07, 6.45) is 5.18. The normalized spacial score (nSPS) is 37.9. The zero-order chi connectivity index (χ0) is 29.4. The summed E-state index contributed by atoms with van der Waals surface area (Å²) in [5.74, 6) is -3.62. The SMILES string of the molecule is COC(=O)C[C@H]1C(C)(C)[C@H](OC(=O)C(C)C)[C@]2(O)C=C3C4=CC(=O)O[C@@H](c5ccoc5)[C@]4(C)CC[C@@H]3[C@@]1(C)C2=O. The number of rotatable bonds is 5. The third-order valence-electron chi connectivity index (χ3n) is 10.1. The fourth-order valence-corrected chi connectivity index (χ4v) is 8.06. The van der Waals surface area contributed by atoms with Crippen molar-refractivity contribution < 1.29 is 42.9 Å². The number of aliphatic hydroxyl groups is 1. The van der Waals surface area contributed by atoms with Crippen molar-refractivity contribution >= 4 is 23.7 Å². The lowest BCUT2D eigenvalue weighted by molar-refractivity contribution is -0.223. The van der Waals surface area contributed by atoms with Crippen molar-refractivity contribution in [3.63, 3.8) is 0 Å². The highest BCUT2D eigenvalue weighted by Gasteiger charge is 2.73. The van der Waals surface area contributed by atoms with Crippen molar-refractivity contribution in [2.24, 2.45) is 34.0 Å². The molecule has 1 N–H and O–H groups in total. The van der Waals surface area contributed by atoms with E-state index < -0.39 is 75.5 Å². The molecule has 216 valence electrons. The molecule has 0 spiro atoms. The average Bonchev–Trinajstić information content (AvgIpc) is 3.42. The van der Waals surface area contributed by atoms with Crippen LogP contribution < -0.4 is 0 Å². The first kappa shape index (κ1) is 28.3. The molecule has 1 aromatic rings. The highest BCUT2D eigenvalue weighted by molar-refractivity contribution is 6.00. The second-order valence-electron chi connectivity index (χ2n) is 13.1. The minimum Gasteiger partial charge on any atom is -0.472 e. The molecule has 0 unspecified atom stereocenters. The van der Waals surface area contributed by atoms with Gasteiger partial charge in [0, 0.05) is 34.3 Å². The van der Waals surface area contributed by atoms with Crippen LogP contribution in [0, 0.1) is 34.0 Å². The largest absolute Gasteiger partial charge is 0.472 e. The molecule has 0 saturated heterocycles. The molecule has 9 heteroatoms. The first-order chi connectivity index (χ1) is 18.6. The van der Waals surface area contributed by atoms with Crippen LogP contribution in [-0.2, 0) is 33.4 Å². The van der Waals surface area contributed by atoms with Gasteiger partial charge in [-0.15, -0.1) is 0 Å². The van der Waals surface area contributed by atoms with Crippen LogP contribution >= 0.6 is 0 Å². The number of hydrogen-bond donors (Lipinski definition) is 1. The summed E-state index contributed by atoms with van der Waals surface area (Å²) in [6, 6.07) is 1.76. The number of Topliss-reactive ketones (excluding diaryl/α,β-unsaturated/α-hetero) is 1. The van der Waals surface area contributed by atoms with Crippen molar-refractivity contribution in [3.05, 3.63) is 47.5 Å². The van der Waals surface area contributed by atoms with Gasteiger partial charge in [-0.2, -0.15) is 0 Å². The quantitative estimate of drug-likeness (QED) is 0.419. The number of furan rings is 1. The third-order valence-corrected chi connectivity index (χ3v) is 10.1. The van der Waals surface area contributed by atoms with Gasteiger partial charge in [0.15, 0.2) is 11.4 Å². The number of carbonyl (C=O) groups excluding carboxylic acids is 4. The summed E-state index contributed by atoms with van der Waals surface area (Å²) in [5.41, 5.74) is -3.00. The third kappa shape index (κ3) is 3.76. The van der Waals surface area contributed by atoms with E-state index >= 15 is 0 Å². The van der Waals surface area contributed by atoms with E-state index in [1.165, 1.54) is 25.5 Å². The van der Waals surface area contributed by atoms with Crippen LogP contribution in [-0.4, -0.2) is 47.6 Å². The molecule has 5 rings (SSSR count). The van der Waals surface area contributed by atoms with E-state index in [0.717, 1.165) is 0 Å². The van der Waals surface area contributed by atoms with Crippen LogP contribution in [0.15, 0.2) is 46.3 Å². The molecular weight excluding hydrogens is 516 g/mol. The summed E-state index contributed by atoms with van der Waals surface area (Å²) >= 11 is 0. The van der Waals surface area contributed by atoms with Crippen molar-refractivity contribution in [1.82, 2.24) is 0 Å². The lowest BCUT2D eigenvalue weighted by atomic mass is 9.40. The highest BCUT2D eigenvalue weighted by atomic mass is 16.6. The van der Waals surface area contributed by atoms with Crippen molar-refractivity contribution in [2.75, 3.05) is 7.11 Å². The molecule has 4 aliphatic rings. The fourth-order valence-electron chi connectivity index (χ4n) is 8.06. The smallest absolute Gasteiger partial charge is 0.331 e.